The lowest BCUT2D eigenvalue weighted by Gasteiger charge is -2.32. The zero-order chi connectivity index (χ0) is 27.3. The van der Waals surface area contributed by atoms with E-state index in [1.165, 1.54) is 4.90 Å². The fourth-order valence-corrected chi connectivity index (χ4v) is 4.94. The standard InChI is InChI=1S/C26H35Cl2N3O4S/c1-7-15-29-25(33)18(2)30(16-21-22(27)9-8-10-23(21)28)24(32)17-31(36(6,34)35)20-13-11-19(12-14-20)26(3,4)5/h8-14,18H,7,15-17H2,1-6H3,(H,29,33)/t18-/m0/s1. The van der Waals surface area contributed by atoms with Gasteiger partial charge in [0, 0.05) is 28.7 Å². The number of hydrogen-bond acceptors (Lipinski definition) is 4. The van der Waals surface area contributed by atoms with Crippen molar-refractivity contribution in [1.29, 1.82) is 0 Å². The van der Waals surface area contributed by atoms with E-state index >= 15 is 0 Å². The molecule has 2 aromatic carbocycles. The van der Waals surface area contributed by atoms with Crippen molar-refractivity contribution in [1.82, 2.24) is 10.2 Å². The quantitative estimate of drug-likeness (QED) is 0.446. The maximum absolute atomic E-state index is 13.6. The molecule has 0 heterocycles. The number of hydrogen-bond donors (Lipinski definition) is 1. The van der Waals surface area contributed by atoms with Gasteiger partial charge in [-0.2, -0.15) is 0 Å². The van der Waals surface area contributed by atoms with Crippen molar-refractivity contribution in [3.8, 4) is 0 Å². The van der Waals surface area contributed by atoms with Gasteiger partial charge in [-0.25, -0.2) is 8.42 Å². The first-order valence-corrected chi connectivity index (χ1v) is 14.4. The van der Waals surface area contributed by atoms with Gasteiger partial charge in [-0.05, 0) is 48.6 Å². The first kappa shape index (κ1) is 29.9. The van der Waals surface area contributed by atoms with Gasteiger partial charge in [0.2, 0.25) is 21.8 Å². The number of rotatable bonds is 10. The van der Waals surface area contributed by atoms with Gasteiger partial charge in [-0.1, -0.05) is 69.1 Å². The number of sulfonamides is 1. The fraction of sp³-hybridized carbons (Fsp3) is 0.462. The molecule has 10 heteroatoms. The van der Waals surface area contributed by atoms with Gasteiger partial charge < -0.3 is 10.2 Å². The van der Waals surface area contributed by atoms with Gasteiger partial charge in [-0.15, -0.1) is 0 Å². The zero-order valence-corrected chi connectivity index (χ0v) is 24.0. The third-order valence-electron chi connectivity index (χ3n) is 5.81. The van der Waals surface area contributed by atoms with E-state index in [9.17, 15) is 18.0 Å². The van der Waals surface area contributed by atoms with Crippen molar-refractivity contribution < 1.29 is 18.0 Å². The van der Waals surface area contributed by atoms with Crippen molar-refractivity contribution in [2.75, 3.05) is 23.7 Å². The molecule has 0 saturated carbocycles. The molecular formula is C26H35Cl2N3O4S. The minimum atomic E-state index is -3.81. The smallest absolute Gasteiger partial charge is 0.244 e. The molecular weight excluding hydrogens is 521 g/mol. The van der Waals surface area contributed by atoms with Crippen molar-refractivity contribution >= 4 is 50.7 Å². The Morgan fingerprint density at radius 1 is 1.03 bits per heavy atom. The molecule has 0 saturated heterocycles. The van der Waals surface area contributed by atoms with Gasteiger partial charge in [0.25, 0.3) is 0 Å². The number of halogens is 2. The number of carbonyl (C=O) groups is 2. The number of amides is 2. The molecule has 0 aliphatic carbocycles. The van der Waals surface area contributed by atoms with Crippen molar-refractivity contribution in [2.45, 2.75) is 59.0 Å². The van der Waals surface area contributed by atoms with Gasteiger partial charge in [0.05, 0.1) is 11.9 Å². The average molecular weight is 557 g/mol. The Balaban J connectivity index is 2.44. The number of benzene rings is 2. The van der Waals surface area contributed by atoms with E-state index in [1.807, 2.05) is 19.1 Å². The monoisotopic (exact) mass is 555 g/mol. The lowest BCUT2D eigenvalue weighted by atomic mass is 9.87. The van der Waals surface area contributed by atoms with Crippen LogP contribution in [0, 0.1) is 0 Å². The van der Waals surface area contributed by atoms with E-state index in [1.54, 1.807) is 37.3 Å². The van der Waals surface area contributed by atoms with Gasteiger partial charge in [0.15, 0.2) is 0 Å². The number of carbonyl (C=O) groups excluding carboxylic acids is 2. The van der Waals surface area contributed by atoms with E-state index in [0.717, 1.165) is 22.5 Å². The molecule has 7 nitrogen and oxygen atoms in total. The highest BCUT2D eigenvalue weighted by atomic mass is 35.5. The van der Waals surface area contributed by atoms with Gasteiger partial charge >= 0.3 is 0 Å². The van der Waals surface area contributed by atoms with E-state index in [0.29, 0.717) is 27.8 Å². The number of nitrogens with zero attached hydrogens (tertiary/aromatic N) is 2. The summed E-state index contributed by atoms with van der Waals surface area (Å²) in [6.45, 7) is 9.60. The van der Waals surface area contributed by atoms with Gasteiger partial charge in [0.1, 0.15) is 12.6 Å². The summed E-state index contributed by atoms with van der Waals surface area (Å²) in [7, 11) is -3.81. The van der Waals surface area contributed by atoms with Crippen LogP contribution in [0.5, 0.6) is 0 Å². The number of anilines is 1. The molecule has 0 fully saturated rings. The van der Waals surface area contributed by atoms with Crippen molar-refractivity contribution in [3.05, 3.63) is 63.6 Å². The van der Waals surface area contributed by atoms with E-state index in [4.69, 9.17) is 23.2 Å². The predicted molar refractivity (Wildman–Crippen MR) is 147 cm³/mol. The van der Waals surface area contributed by atoms with Gasteiger partial charge in [-0.3, -0.25) is 13.9 Å². The summed E-state index contributed by atoms with van der Waals surface area (Å²) in [5, 5.41) is 3.48. The normalized spacial score (nSPS) is 12.7. The Labute approximate surface area is 224 Å². The molecule has 0 aromatic heterocycles. The second-order valence-electron chi connectivity index (χ2n) is 9.76. The summed E-state index contributed by atoms with van der Waals surface area (Å²) in [5.41, 5.74) is 1.75. The first-order valence-electron chi connectivity index (χ1n) is 11.7. The molecule has 2 amide bonds. The Kier molecular flexibility index (Phi) is 10.2. The van der Waals surface area contributed by atoms with Crippen molar-refractivity contribution in [3.63, 3.8) is 0 Å². The second-order valence-corrected chi connectivity index (χ2v) is 12.5. The third kappa shape index (κ3) is 7.85. The molecule has 1 N–H and O–H groups in total. The highest BCUT2D eigenvalue weighted by Gasteiger charge is 2.31. The van der Waals surface area contributed by atoms with Crippen LogP contribution in [0.15, 0.2) is 42.5 Å². The Hall–Kier alpha value is -2.29. The maximum Gasteiger partial charge on any atom is 0.244 e. The minimum Gasteiger partial charge on any atom is -0.354 e. The largest absolute Gasteiger partial charge is 0.354 e. The van der Waals surface area contributed by atoms with Crippen LogP contribution in [0.3, 0.4) is 0 Å². The molecule has 0 bridgehead atoms. The molecule has 0 radical (unpaired) electrons. The van der Waals surface area contributed by atoms with E-state index < -0.39 is 28.5 Å². The molecule has 0 spiro atoms. The molecule has 36 heavy (non-hydrogen) atoms. The Bertz CT molecular complexity index is 1160. The third-order valence-corrected chi connectivity index (χ3v) is 7.66. The fourth-order valence-electron chi connectivity index (χ4n) is 3.57. The highest BCUT2D eigenvalue weighted by molar-refractivity contribution is 7.92. The molecule has 198 valence electrons. The van der Waals surface area contributed by atoms with Crippen molar-refractivity contribution in [2.24, 2.45) is 0 Å². The topological polar surface area (TPSA) is 86.8 Å². The summed E-state index contributed by atoms with van der Waals surface area (Å²) in [5.74, 6) is -0.913. The van der Waals surface area contributed by atoms with Crippen LogP contribution in [0.4, 0.5) is 5.69 Å². The minimum absolute atomic E-state index is 0.0569. The van der Waals surface area contributed by atoms with E-state index in [-0.39, 0.29) is 17.9 Å². The Morgan fingerprint density at radius 2 is 1.58 bits per heavy atom. The number of nitrogens with one attached hydrogen (secondary N) is 1. The summed E-state index contributed by atoms with van der Waals surface area (Å²) in [4.78, 5) is 27.7. The Morgan fingerprint density at radius 3 is 2.06 bits per heavy atom. The first-order chi connectivity index (χ1) is 16.7. The van der Waals surface area contributed by atoms with Crippen LogP contribution >= 0.6 is 23.2 Å². The van der Waals surface area contributed by atoms with Crippen LogP contribution in [-0.2, 0) is 31.6 Å². The SMILES string of the molecule is CCCNC(=O)[C@H](C)N(Cc1c(Cl)cccc1Cl)C(=O)CN(c1ccc(C(C)(C)C)cc1)S(C)(=O)=O. The molecule has 1 atom stereocenters. The second kappa shape index (κ2) is 12.3. The lowest BCUT2D eigenvalue weighted by Crippen LogP contribution is -2.51. The van der Waals surface area contributed by atoms with E-state index in [2.05, 4.69) is 26.1 Å². The van der Waals surface area contributed by atoms with Crippen LogP contribution in [0.1, 0.15) is 52.2 Å². The predicted octanol–water partition coefficient (Wildman–Crippen LogP) is 5.00. The van der Waals surface area contributed by atoms with Crippen LogP contribution in [-0.4, -0.2) is 50.5 Å². The average Bonchev–Trinajstić information content (AvgIpc) is 2.79. The van der Waals surface area contributed by atoms with Crippen LogP contribution < -0.4 is 9.62 Å². The zero-order valence-electron chi connectivity index (χ0n) is 21.6. The molecule has 0 aliphatic heterocycles. The summed E-state index contributed by atoms with van der Waals surface area (Å²) in [6, 6.07) is 11.1. The van der Waals surface area contributed by atoms with Crippen LogP contribution in [0.25, 0.3) is 0 Å². The van der Waals surface area contributed by atoms with Crippen LogP contribution in [0.2, 0.25) is 10.0 Å². The maximum atomic E-state index is 13.6. The summed E-state index contributed by atoms with van der Waals surface area (Å²) >= 11 is 12.7. The molecule has 2 rings (SSSR count). The molecule has 0 unspecified atom stereocenters. The molecule has 2 aromatic rings. The lowest BCUT2D eigenvalue weighted by molar-refractivity contribution is -0.139. The highest BCUT2D eigenvalue weighted by Crippen LogP contribution is 2.28. The summed E-state index contributed by atoms with van der Waals surface area (Å²) in [6.07, 6.45) is 1.78. The molecule has 0 aliphatic rings. The summed E-state index contributed by atoms with van der Waals surface area (Å²) < 4.78 is 26.5.